The standard InChI is InChI=1S/C21H30N2O4/c1-26-15-13-18-6-4-5-14-23(18)21(25)22-17-11-9-16(10-12-17)20(24)27-19-7-2-3-8-19/h9-12,18-19H,2-8,13-15H2,1H3,(H,22,25)/t18-/m1/s1. The van der Waals surface area contributed by atoms with Crippen molar-refractivity contribution in [1.29, 1.82) is 0 Å². The number of ether oxygens (including phenoxy) is 2. The first-order valence-corrected chi connectivity index (χ1v) is 10.0. The van der Waals surface area contributed by atoms with Crippen molar-refractivity contribution >= 4 is 17.7 Å². The Balaban J connectivity index is 1.55. The van der Waals surface area contributed by atoms with Crippen molar-refractivity contribution in [2.75, 3.05) is 25.6 Å². The number of likely N-dealkylation sites (tertiary alicyclic amines) is 1. The second-order valence-electron chi connectivity index (χ2n) is 7.44. The molecule has 1 aliphatic heterocycles. The van der Waals surface area contributed by atoms with Crippen LogP contribution in [0.1, 0.15) is 61.7 Å². The van der Waals surface area contributed by atoms with Gasteiger partial charge in [0.2, 0.25) is 0 Å². The molecule has 2 fully saturated rings. The summed E-state index contributed by atoms with van der Waals surface area (Å²) in [6.45, 7) is 1.43. The van der Waals surface area contributed by atoms with E-state index in [4.69, 9.17) is 9.47 Å². The molecule has 0 spiro atoms. The van der Waals surface area contributed by atoms with Gasteiger partial charge in [0.05, 0.1) is 5.56 Å². The first-order valence-electron chi connectivity index (χ1n) is 10.0. The average molecular weight is 374 g/mol. The van der Waals surface area contributed by atoms with Gasteiger partial charge in [-0.1, -0.05) is 0 Å². The molecule has 0 bridgehead atoms. The van der Waals surface area contributed by atoms with E-state index >= 15 is 0 Å². The van der Waals surface area contributed by atoms with E-state index in [2.05, 4.69) is 5.32 Å². The lowest BCUT2D eigenvalue weighted by molar-refractivity contribution is 0.0318. The smallest absolute Gasteiger partial charge is 0.338 e. The molecule has 6 nitrogen and oxygen atoms in total. The van der Waals surface area contributed by atoms with Gasteiger partial charge in [0.15, 0.2) is 0 Å². The van der Waals surface area contributed by atoms with Crippen molar-refractivity contribution < 1.29 is 19.1 Å². The second-order valence-corrected chi connectivity index (χ2v) is 7.44. The lowest BCUT2D eigenvalue weighted by Crippen LogP contribution is -2.46. The van der Waals surface area contributed by atoms with Gasteiger partial charge < -0.3 is 19.7 Å². The maximum Gasteiger partial charge on any atom is 0.338 e. The average Bonchev–Trinajstić information content (AvgIpc) is 3.20. The SMILES string of the molecule is COCC[C@H]1CCCCN1C(=O)Nc1ccc(C(=O)OC2CCCC2)cc1. The zero-order valence-corrected chi connectivity index (χ0v) is 16.1. The molecule has 0 unspecified atom stereocenters. The zero-order valence-electron chi connectivity index (χ0n) is 16.1. The van der Waals surface area contributed by atoms with E-state index in [1.54, 1.807) is 31.4 Å². The molecule has 1 N–H and O–H groups in total. The number of hydrogen-bond acceptors (Lipinski definition) is 4. The molecule has 6 heteroatoms. The number of methoxy groups -OCH3 is 1. The zero-order chi connectivity index (χ0) is 19.1. The summed E-state index contributed by atoms with van der Waals surface area (Å²) in [7, 11) is 1.69. The normalized spacial score (nSPS) is 20.5. The van der Waals surface area contributed by atoms with Gasteiger partial charge in [-0.2, -0.15) is 0 Å². The van der Waals surface area contributed by atoms with Crippen molar-refractivity contribution in [2.24, 2.45) is 0 Å². The van der Waals surface area contributed by atoms with Crippen LogP contribution in [-0.4, -0.2) is 49.3 Å². The monoisotopic (exact) mass is 374 g/mol. The summed E-state index contributed by atoms with van der Waals surface area (Å²) >= 11 is 0. The number of rotatable bonds is 6. The van der Waals surface area contributed by atoms with Crippen molar-refractivity contribution in [3.63, 3.8) is 0 Å². The third kappa shape index (κ3) is 5.45. The molecule has 3 rings (SSSR count). The predicted molar refractivity (Wildman–Crippen MR) is 104 cm³/mol. The minimum Gasteiger partial charge on any atom is -0.459 e. The molecular weight excluding hydrogens is 344 g/mol. The highest BCUT2D eigenvalue weighted by Gasteiger charge is 2.26. The Bertz CT molecular complexity index is 626. The Morgan fingerprint density at radius 3 is 2.48 bits per heavy atom. The minimum atomic E-state index is -0.282. The van der Waals surface area contributed by atoms with Crippen LogP contribution in [0.2, 0.25) is 0 Å². The molecular formula is C21H30N2O4. The number of urea groups is 1. The third-order valence-corrected chi connectivity index (χ3v) is 5.49. The highest BCUT2D eigenvalue weighted by Crippen LogP contribution is 2.23. The molecule has 1 heterocycles. The van der Waals surface area contributed by atoms with E-state index in [0.29, 0.717) is 17.9 Å². The Kier molecular flexibility index (Phi) is 7.10. The van der Waals surface area contributed by atoms with E-state index in [9.17, 15) is 9.59 Å². The fourth-order valence-corrected chi connectivity index (χ4v) is 3.93. The fraction of sp³-hybridized carbons (Fsp3) is 0.619. The summed E-state index contributed by atoms with van der Waals surface area (Å²) in [6.07, 6.45) is 8.28. The van der Waals surface area contributed by atoms with E-state index in [-0.39, 0.29) is 24.1 Å². The number of hydrogen-bond donors (Lipinski definition) is 1. The van der Waals surface area contributed by atoms with Crippen LogP contribution in [0.5, 0.6) is 0 Å². The number of esters is 1. The Morgan fingerprint density at radius 2 is 1.78 bits per heavy atom. The van der Waals surface area contributed by atoms with Gasteiger partial charge in [0.1, 0.15) is 6.10 Å². The molecule has 1 atom stereocenters. The predicted octanol–water partition coefficient (Wildman–Crippen LogP) is 4.21. The number of benzene rings is 1. The van der Waals surface area contributed by atoms with Gasteiger partial charge in [-0.05, 0) is 75.6 Å². The lowest BCUT2D eigenvalue weighted by atomic mass is 10.00. The van der Waals surface area contributed by atoms with Crippen LogP contribution < -0.4 is 5.32 Å². The highest BCUT2D eigenvalue weighted by atomic mass is 16.5. The summed E-state index contributed by atoms with van der Waals surface area (Å²) in [5, 5.41) is 2.95. The van der Waals surface area contributed by atoms with Gasteiger partial charge in [0, 0.05) is 32.0 Å². The van der Waals surface area contributed by atoms with Gasteiger partial charge in [-0.25, -0.2) is 9.59 Å². The Labute approximate surface area is 161 Å². The molecule has 1 aromatic rings. The number of nitrogens with one attached hydrogen (secondary N) is 1. The van der Waals surface area contributed by atoms with Crippen LogP contribution in [0.15, 0.2) is 24.3 Å². The largest absolute Gasteiger partial charge is 0.459 e. The molecule has 2 amide bonds. The van der Waals surface area contributed by atoms with Crippen LogP contribution in [-0.2, 0) is 9.47 Å². The maximum absolute atomic E-state index is 12.7. The van der Waals surface area contributed by atoms with Gasteiger partial charge >= 0.3 is 12.0 Å². The van der Waals surface area contributed by atoms with Crippen LogP contribution in [0, 0.1) is 0 Å². The number of piperidine rings is 1. The third-order valence-electron chi connectivity index (χ3n) is 5.49. The van der Waals surface area contributed by atoms with E-state index in [1.807, 2.05) is 4.90 Å². The molecule has 0 aromatic heterocycles. The van der Waals surface area contributed by atoms with Crippen LogP contribution >= 0.6 is 0 Å². The molecule has 148 valence electrons. The number of carbonyl (C=O) groups excluding carboxylic acids is 2. The Morgan fingerprint density at radius 1 is 1.07 bits per heavy atom. The molecule has 1 saturated carbocycles. The van der Waals surface area contributed by atoms with Crippen LogP contribution in [0.4, 0.5) is 10.5 Å². The van der Waals surface area contributed by atoms with E-state index in [1.165, 1.54) is 0 Å². The number of anilines is 1. The maximum atomic E-state index is 12.7. The summed E-state index contributed by atoms with van der Waals surface area (Å²) in [6, 6.07) is 7.09. The number of nitrogens with zero attached hydrogens (tertiary/aromatic N) is 1. The quantitative estimate of drug-likeness (QED) is 0.758. The van der Waals surface area contributed by atoms with Crippen LogP contribution in [0.3, 0.4) is 0 Å². The molecule has 27 heavy (non-hydrogen) atoms. The highest BCUT2D eigenvalue weighted by molar-refractivity contribution is 5.92. The van der Waals surface area contributed by atoms with Crippen molar-refractivity contribution in [2.45, 2.75) is 63.5 Å². The Hall–Kier alpha value is -2.08. The van der Waals surface area contributed by atoms with E-state index < -0.39 is 0 Å². The fourth-order valence-electron chi connectivity index (χ4n) is 3.93. The molecule has 0 radical (unpaired) electrons. The van der Waals surface area contributed by atoms with Gasteiger partial charge in [-0.3, -0.25) is 0 Å². The van der Waals surface area contributed by atoms with Crippen molar-refractivity contribution in [3.05, 3.63) is 29.8 Å². The number of carbonyl (C=O) groups is 2. The van der Waals surface area contributed by atoms with E-state index in [0.717, 1.165) is 57.9 Å². The minimum absolute atomic E-state index is 0.0556. The number of amides is 2. The van der Waals surface area contributed by atoms with Crippen LogP contribution in [0.25, 0.3) is 0 Å². The lowest BCUT2D eigenvalue weighted by Gasteiger charge is -2.35. The molecule has 1 aromatic carbocycles. The summed E-state index contributed by atoms with van der Waals surface area (Å²) in [5.74, 6) is -0.282. The first-order chi connectivity index (χ1) is 13.2. The summed E-state index contributed by atoms with van der Waals surface area (Å²) in [5.41, 5.74) is 1.21. The van der Waals surface area contributed by atoms with Gasteiger partial charge in [0.25, 0.3) is 0 Å². The first kappa shape index (κ1) is 19.7. The summed E-state index contributed by atoms with van der Waals surface area (Å²) in [4.78, 5) is 26.8. The van der Waals surface area contributed by atoms with Gasteiger partial charge in [-0.15, -0.1) is 0 Å². The van der Waals surface area contributed by atoms with Crippen molar-refractivity contribution in [3.8, 4) is 0 Å². The second kappa shape index (κ2) is 9.74. The topological polar surface area (TPSA) is 67.9 Å². The van der Waals surface area contributed by atoms with Crippen molar-refractivity contribution in [1.82, 2.24) is 4.90 Å². The summed E-state index contributed by atoms with van der Waals surface area (Å²) < 4.78 is 10.7. The molecule has 1 saturated heterocycles. The molecule has 2 aliphatic rings. The molecule has 1 aliphatic carbocycles.